The number of hydrogen-bond donors (Lipinski definition) is 2. The first-order valence-corrected chi connectivity index (χ1v) is 6.21. The first-order chi connectivity index (χ1) is 8.08. The van der Waals surface area contributed by atoms with E-state index in [0.29, 0.717) is 0 Å². The van der Waals surface area contributed by atoms with Gasteiger partial charge in [-0.05, 0) is 42.3 Å². The minimum atomic E-state index is -0.0403. The van der Waals surface area contributed by atoms with E-state index in [-0.39, 0.29) is 11.8 Å². The van der Waals surface area contributed by atoms with Gasteiger partial charge in [-0.15, -0.1) is 0 Å². The first-order valence-electron chi connectivity index (χ1n) is 5.42. The van der Waals surface area contributed by atoms with E-state index in [1.54, 1.807) is 6.07 Å². The van der Waals surface area contributed by atoms with Crippen molar-refractivity contribution in [1.29, 1.82) is 0 Å². The standard InChI is InChI=1S/C14H14BrNO/c1-9(16)10-5-6-14(17)13(8-10)11-3-2-4-12(15)7-11/h2-9,17H,16H2,1H3. The summed E-state index contributed by atoms with van der Waals surface area (Å²) in [4.78, 5) is 0. The maximum Gasteiger partial charge on any atom is 0.123 e. The molecule has 0 aromatic heterocycles. The van der Waals surface area contributed by atoms with Gasteiger partial charge in [0.25, 0.3) is 0 Å². The molecular formula is C14H14BrNO. The fraction of sp³-hybridized carbons (Fsp3) is 0.143. The van der Waals surface area contributed by atoms with E-state index in [2.05, 4.69) is 15.9 Å². The highest BCUT2D eigenvalue weighted by Gasteiger charge is 2.08. The third-order valence-electron chi connectivity index (χ3n) is 2.68. The third-order valence-corrected chi connectivity index (χ3v) is 3.18. The molecule has 0 fully saturated rings. The monoisotopic (exact) mass is 291 g/mol. The van der Waals surface area contributed by atoms with Crippen LogP contribution in [0.3, 0.4) is 0 Å². The fourth-order valence-corrected chi connectivity index (χ4v) is 2.12. The molecule has 88 valence electrons. The lowest BCUT2D eigenvalue weighted by molar-refractivity contribution is 0.477. The molecule has 3 heteroatoms. The number of nitrogens with two attached hydrogens (primary N) is 1. The maximum atomic E-state index is 9.90. The molecule has 3 N–H and O–H groups in total. The summed E-state index contributed by atoms with van der Waals surface area (Å²) >= 11 is 3.43. The minimum absolute atomic E-state index is 0.0403. The van der Waals surface area contributed by atoms with Gasteiger partial charge in [0.2, 0.25) is 0 Å². The number of phenols is 1. The van der Waals surface area contributed by atoms with Gasteiger partial charge in [-0.1, -0.05) is 34.1 Å². The molecule has 2 aromatic rings. The quantitative estimate of drug-likeness (QED) is 0.883. The second kappa shape index (κ2) is 4.90. The largest absolute Gasteiger partial charge is 0.507 e. The van der Waals surface area contributed by atoms with Gasteiger partial charge in [-0.2, -0.15) is 0 Å². The van der Waals surface area contributed by atoms with Crippen LogP contribution in [0.25, 0.3) is 11.1 Å². The Kier molecular flexibility index (Phi) is 3.50. The Labute approximate surface area is 109 Å². The van der Waals surface area contributed by atoms with Crippen LogP contribution < -0.4 is 5.73 Å². The zero-order valence-corrected chi connectivity index (χ0v) is 11.1. The van der Waals surface area contributed by atoms with Gasteiger partial charge in [0, 0.05) is 16.1 Å². The van der Waals surface area contributed by atoms with Crippen molar-refractivity contribution in [2.75, 3.05) is 0 Å². The number of halogens is 1. The number of phenolic OH excluding ortho intramolecular Hbond substituents is 1. The lowest BCUT2D eigenvalue weighted by Crippen LogP contribution is -2.04. The van der Waals surface area contributed by atoms with Crippen LogP contribution >= 0.6 is 15.9 Å². The van der Waals surface area contributed by atoms with Crippen LogP contribution in [0.15, 0.2) is 46.9 Å². The molecule has 0 aliphatic carbocycles. The maximum absolute atomic E-state index is 9.90. The van der Waals surface area contributed by atoms with Crippen LogP contribution in [-0.4, -0.2) is 5.11 Å². The Morgan fingerprint density at radius 2 is 1.94 bits per heavy atom. The summed E-state index contributed by atoms with van der Waals surface area (Å²) in [7, 11) is 0. The second-order valence-corrected chi connectivity index (χ2v) is 4.99. The van der Waals surface area contributed by atoms with Gasteiger partial charge in [0.1, 0.15) is 5.75 Å². The highest BCUT2D eigenvalue weighted by atomic mass is 79.9. The molecular weight excluding hydrogens is 278 g/mol. The smallest absolute Gasteiger partial charge is 0.123 e. The zero-order valence-electron chi connectivity index (χ0n) is 9.52. The topological polar surface area (TPSA) is 46.2 Å². The van der Waals surface area contributed by atoms with E-state index in [9.17, 15) is 5.11 Å². The minimum Gasteiger partial charge on any atom is -0.507 e. The molecule has 0 aliphatic rings. The Balaban J connectivity index is 2.54. The predicted octanol–water partition coefficient (Wildman–Crippen LogP) is 3.84. The van der Waals surface area contributed by atoms with Crippen molar-refractivity contribution < 1.29 is 5.11 Å². The summed E-state index contributed by atoms with van der Waals surface area (Å²) in [6.07, 6.45) is 0. The van der Waals surface area contributed by atoms with Crippen LogP contribution in [0, 0.1) is 0 Å². The van der Waals surface area contributed by atoms with Gasteiger partial charge in [-0.25, -0.2) is 0 Å². The summed E-state index contributed by atoms with van der Waals surface area (Å²) in [5.74, 6) is 0.271. The Morgan fingerprint density at radius 3 is 2.59 bits per heavy atom. The van der Waals surface area contributed by atoms with Gasteiger partial charge >= 0.3 is 0 Å². The number of rotatable bonds is 2. The fourth-order valence-electron chi connectivity index (χ4n) is 1.72. The molecule has 0 bridgehead atoms. The summed E-state index contributed by atoms with van der Waals surface area (Å²) in [5, 5.41) is 9.90. The number of benzene rings is 2. The molecule has 17 heavy (non-hydrogen) atoms. The predicted molar refractivity (Wildman–Crippen MR) is 73.8 cm³/mol. The molecule has 0 heterocycles. The molecule has 0 amide bonds. The summed E-state index contributed by atoms with van der Waals surface area (Å²) in [6, 6.07) is 13.3. The van der Waals surface area contributed by atoms with Crippen LogP contribution in [0.5, 0.6) is 5.75 Å². The molecule has 1 atom stereocenters. The molecule has 2 aromatic carbocycles. The molecule has 2 nitrogen and oxygen atoms in total. The highest BCUT2D eigenvalue weighted by molar-refractivity contribution is 9.10. The van der Waals surface area contributed by atoms with Gasteiger partial charge < -0.3 is 10.8 Å². The van der Waals surface area contributed by atoms with E-state index in [0.717, 1.165) is 21.2 Å². The average Bonchev–Trinajstić information content (AvgIpc) is 2.29. The molecule has 2 rings (SSSR count). The van der Waals surface area contributed by atoms with Crippen molar-refractivity contribution >= 4 is 15.9 Å². The van der Waals surface area contributed by atoms with Crippen molar-refractivity contribution in [2.24, 2.45) is 5.73 Å². The van der Waals surface area contributed by atoms with E-state index in [4.69, 9.17) is 5.73 Å². The van der Waals surface area contributed by atoms with Crippen molar-refractivity contribution in [3.63, 3.8) is 0 Å². The second-order valence-electron chi connectivity index (χ2n) is 4.08. The van der Waals surface area contributed by atoms with Gasteiger partial charge in [0.05, 0.1) is 0 Å². The Bertz CT molecular complexity index is 537. The van der Waals surface area contributed by atoms with E-state index in [1.165, 1.54) is 0 Å². The van der Waals surface area contributed by atoms with Gasteiger partial charge in [0.15, 0.2) is 0 Å². The number of hydrogen-bond acceptors (Lipinski definition) is 2. The summed E-state index contributed by atoms with van der Waals surface area (Å²) in [6.45, 7) is 1.93. The Hall–Kier alpha value is -1.32. The van der Waals surface area contributed by atoms with Crippen LogP contribution in [0.2, 0.25) is 0 Å². The zero-order chi connectivity index (χ0) is 12.4. The van der Waals surface area contributed by atoms with Crippen LogP contribution in [0.1, 0.15) is 18.5 Å². The normalized spacial score (nSPS) is 12.4. The lowest BCUT2D eigenvalue weighted by atomic mass is 9.99. The van der Waals surface area contributed by atoms with Crippen molar-refractivity contribution in [1.82, 2.24) is 0 Å². The van der Waals surface area contributed by atoms with Crippen LogP contribution in [-0.2, 0) is 0 Å². The molecule has 0 saturated carbocycles. The van der Waals surface area contributed by atoms with E-state index < -0.39 is 0 Å². The molecule has 0 aliphatic heterocycles. The summed E-state index contributed by atoms with van der Waals surface area (Å²) < 4.78 is 0.987. The molecule has 0 spiro atoms. The average molecular weight is 292 g/mol. The lowest BCUT2D eigenvalue weighted by Gasteiger charge is -2.10. The molecule has 0 saturated heterocycles. The van der Waals surface area contributed by atoms with E-state index in [1.807, 2.05) is 43.3 Å². The molecule has 1 unspecified atom stereocenters. The van der Waals surface area contributed by atoms with Crippen molar-refractivity contribution in [2.45, 2.75) is 13.0 Å². The van der Waals surface area contributed by atoms with E-state index >= 15 is 0 Å². The number of aromatic hydroxyl groups is 1. The van der Waals surface area contributed by atoms with Crippen LogP contribution in [0.4, 0.5) is 0 Å². The first kappa shape index (κ1) is 12.1. The SMILES string of the molecule is CC(N)c1ccc(O)c(-c2cccc(Br)c2)c1. The Morgan fingerprint density at radius 1 is 1.18 bits per heavy atom. The van der Waals surface area contributed by atoms with Gasteiger partial charge in [-0.3, -0.25) is 0 Å². The summed E-state index contributed by atoms with van der Waals surface area (Å²) in [5.41, 5.74) is 8.64. The highest BCUT2D eigenvalue weighted by Crippen LogP contribution is 2.32. The van der Waals surface area contributed by atoms with Crippen molar-refractivity contribution in [3.05, 3.63) is 52.5 Å². The third kappa shape index (κ3) is 2.68. The van der Waals surface area contributed by atoms with Crippen molar-refractivity contribution in [3.8, 4) is 16.9 Å². The molecule has 0 radical (unpaired) electrons.